The quantitative estimate of drug-likeness (QED) is 0.882. The second-order valence-electron chi connectivity index (χ2n) is 6.39. The van der Waals surface area contributed by atoms with Crippen molar-refractivity contribution in [2.75, 3.05) is 7.05 Å². The Hall–Kier alpha value is -2.56. The molecule has 1 aliphatic carbocycles. The Morgan fingerprint density at radius 1 is 1.25 bits per heavy atom. The second-order valence-corrected chi connectivity index (χ2v) is 6.39. The van der Waals surface area contributed by atoms with Gasteiger partial charge < -0.3 is 15.1 Å². The molecule has 1 aromatic heterocycles. The highest BCUT2D eigenvalue weighted by Gasteiger charge is 2.35. The molecule has 5 heteroatoms. The van der Waals surface area contributed by atoms with Crippen LogP contribution in [-0.2, 0) is 0 Å². The minimum absolute atomic E-state index is 0. The molecule has 1 heterocycles. The Kier molecular flexibility index (Phi) is 4.42. The van der Waals surface area contributed by atoms with Crippen LogP contribution in [0.2, 0.25) is 0 Å². The lowest BCUT2D eigenvalue weighted by atomic mass is 9.96. The van der Waals surface area contributed by atoms with E-state index in [-0.39, 0.29) is 32.4 Å². The lowest BCUT2D eigenvalue weighted by Gasteiger charge is -2.11. The maximum absolute atomic E-state index is 12.6. The van der Waals surface area contributed by atoms with Gasteiger partial charge in [0.25, 0.3) is 11.8 Å². The Balaban J connectivity index is 0.00000169. The highest BCUT2D eigenvalue weighted by atomic mass is 16.4. The lowest BCUT2D eigenvalue weighted by molar-refractivity contribution is 0.0928. The summed E-state index contributed by atoms with van der Waals surface area (Å²) in [6.07, 6.45) is 0.996. The van der Waals surface area contributed by atoms with Crippen molar-refractivity contribution in [2.45, 2.75) is 32.2 Å². The average molecular weight is 330 g/mol. The van der Waals surface area contributed by atoms with E-state index in [1.807, 2.05) is 37.3 Å². The summed E-state index contributed by atoms with van der Waals surface area (Å²) in [4.78, 5) is 24.5. The maximum atomic E-state index is 12.6. The molecule has 130 valence electrons. The van der Waals surface area contributed by atoms with Crippen molar-refractivity contribution in [2.24, 2.45) is 5.92 Å². The van der Waals surface area contributed by atoms with E-state index < -0.39 is 0 Å². The molecule has 0 spiro atoms. The highest BCUT2D eigenvalue weighted by molar-refractivity contribution is 5.99. The highest BCUT2D eigenvalue weighted by Crippen LogP contribution is 2.32. The normalized spacial score (nSPS) is 20.3. The van der Waals surface area contributed by atoms with Crippen LogP contribution >= 0.6 is 0 Å². The number of hydrogen-bond acceptors (Lipinski definition) is 3. The van der Waals surface area contributed by atoms with Crippen molar-refractivity contribution < 1.29 is 16.9 Å². The molecule has 0 radical (unpaired) electrons. The summed E-state index contributed by atoms with van der Waals surface area (Å²) in [5, 5.41) is 5.54. The molecule has 0 saturated heterocycles. The van der Waals surface area contributed by atoms with Gasteiger partial charge in [0.05, 0.1) is 5.56 Å². The van der Waals surface area contributed by atoms with Gasteiger partial charge in [-0.25, -0.2) is 0 Å². The van der Waals surface area contributed by atoms with Crippen molar-refractivity contribution in [1.29, 1.82) is 0 Å². The number of amides is 2. The zero-order valence-corrected chi connectivity index (χ0v) is 14.1. The van der Waals surface area contributed by atoms with Crippen LogP contribution in [0.3, 0.4) is 0 Å². The first-order valence-corrected chi connectivity index (χ1v) is 8.23. The molecule has 2 amide bonds. The Morgan fingerprint density at radius 3 is 2.50 bits per heavy atom. The van der Waals surface area contributed by atoms with E-state index in [0.29, 0.717) is 17.2 Å². The van der Waals surface area contributed by atoms with Gasteiger partial charge in [0.15, 0.2) is 5.76 Å². The largest absolute Gasteiger partial charge is 0.454 e. The second kappa shape index (κ2) is 6.51. The molecule has 1 aromatic carbocycles. The van der Waals surface area contributed by atoms with Gasteiger partial charge in [0, 0.05) is 27.9 Å². The summed E-state index contributed by atoms with van der Waals surface area (Å²) in [7, 11) is 1.54. The number of carbonyl (C=O) groups excluding carboxylic acids is 2. The van der Waals surface area contributed by atoms with E-state index in [0.717, 1.165) is 12.0 Å². The van der Waals surface area contributed by atoms with E-state index >= 15 is 0 Å². The predicted octanol–water partition coefficient (Wildman–Crippen LogP) is 3.42. The summed E-state index contributed by atoms with van der Waals surface area (Å²) >= 11 is 0. The van der Waals surface area contributed by atoms with Gasteiger partial charge in [-0.3, -0.25) is 9.59 Å². The average Bonchev–Trinajstić information content (AvgIpc) is 3.12. The van der Waals surface area contributed by atoms with E-state index in [1.54, 1.807) is 0 Å². The first-order valence-electron chi connectivity index (χ1n) is 8.23. The predicted molar refractivity (Wildman–Crippen MR) is 95.3 cm³/mol. The van der Waals surface area contributed by atoms with Crippen LogP contribution < -0.4 is 10.6 Å². The smallest absolute Gasteiger partial charge is 0.286 e. The summed E-state index contributed by atoms with van der Waals surface area (Å²) < 4.78 is 5.76. The molecular formula is C19H26N2O3. The van der Waals surface area contributed by atoms with Crippen LogP contribution in [0.4, 0.5) is 0 Å². The molecule has 1 fully saturated rings. The van der Waals surface area contributed by atoms with Crippen molar-refractivity contribution in [3.05, 3.63) is 59.0 Å². The fraction of sp³-hybridized carbons (Fsp3) is 0.368. The third kappa shape index (κ3) is 3.20. The van der Waals surface area contributed by atoms with E-state index in [2.05, 4.69) is 17.6 Å². The van der Waals surface area contributed by atoms with Gasteiger partial charge in [-0.2, -0.15) is 0 Å². The fourth-order valence-corrected chi connectivity index (χ4v) is 2.80. The molecule has 3 rings (SSSR count). The third-order valence-electron chi connectivity index (χ3n) is 4.58. The van der Waals surface area contributed by atoms with Crippen molar-refractivity contribution in [3.63, 3.8) is 0 Å². The Bertz CT molecular complexity index is 761. The molecule has 3 atom stereocenters. The van der Waals surface area contributed by atoms with E-state index in [4.69, 9.17) is 4.42 Å². The van der Waals surface area contributed by atoms with Crippen LogP contribution in [0.5, 0.6) is 0 Å². The van der Waals surface area contributed by atoms with Crippen molar-refractivity contribution in [3.8, 4) is 0 Å². The minimum Gasteiger partial charge on any atom is -0.454 e. The van der Waals surface area contributed by atoms with Crippen LogP contribution in [0, 0.1) is 5.92 Å². The van der Waals surface area contributed by atoms with Crippen molar-refractivity contribution >= 4 is 11.8 Å². The fourth-order valence-electron chi connectivity index (χ4n) is 2.80. The Morgan fingerprint density at radius 2 is 1.92 bits per heavy atom. The maximum Gasteiger partial charge on any atom is 0.286 e. The zero-order chi connectivity index (χ0) is 17.3. The molecule has 2 N–H and O–H groups in total. The standard InChI is InChI=1S/C19H22N2O3.2H2/c1-11-9-15(11)21-18(22)14-10-16(19(23)20-3)24-17(14)12(2)13-7-5-4-6-8-13;;/h4-8,10-12,15H,9H2,1-3H3,(H,20,23)(H,21,22);2*1H/t11-,12-,15-;;/m0../s1. The molecule has 1 aliphatic rings. The van der Waals surface area contributed by atoms with Gasteiger partial charge in [-0.05, 0) is 17.9 Å². The minimum atomic E-state index is -0.338. The van der Waals surface area contributed by atoms with Crippen LogP contribution in [0.15, 0.2) is 40.8 Å². The summed E-state index contributed by atoms with van der Waals surface area (Å²) in [5.41, 5.74) is 1.47. The van der Waals surface area contributed by atoms with Gasteiger partial charge in [0.2, 0.25) is 0 Å². The number of furan rings is 1. The molecule has 5 nitrogen and oxygen atoms in total. The number of hydrogen-bond donors (Lipinski definition) is 2. The van der Waals surface area contributed by atoms with Gasteiger partial charge >= 0.3 is 0 Å². The van der Waals surface area contributed by atoms with Gasteiger partial charge in [0.1, 0.15) is 5.76 Å². The molecule has 0 aliphatic heterocycles. The number of nitrogens with one attached hydrogen (secondary N) is 2. The van der Waals surface area contributed by atoms with Gasteiger partial charge in [-0.1, -0.05) is 44.2 Å². The van der Waals surface area contributed by atoms with E-state index in [1.165, 1.54) is 13.1 Å². The molecular weight excluding hydrogens is 304 g/mol. The monoisotopic (exact) mass is 330 g/mol. The number of benzene rings is 1. The van der Waals surface area contributed by atoms with Gasteiger partial charge in [-0.15, -0.1) is 0 Å². The lowest BCUT2D eigenvalue weighted by Crippen LogP contribution is -2.27. The molecule has 0 bridgehead atoms. The number of carbonyl (C=O) groups is 2. The molecule has 24 heavy (non-hydrogen) atoms. The summed E-state index contributed by atoms with van der Waals surface area (Å²) in [6.45, 7) is 4.07. The molecule has 0 unspecified atom stereocenters. The first kappa shape index (κ1) is 16.3. The Labute approximate surface area is 144 Å². The van der Waals surface area contributed by atoms with Crippen LogP contribution in [-0.4, -0.2) is 24.9 Å². The van der Waals surface area contributed by atoms with Crippen molar-refractivity contribution in [1.82, 2.24) is 10.6 Å². The summed E-state index contributed by atoms with van der Waals surface area (Å²) in [5.74, 6) is 0.544. The number of rotatable bonds is 5. The summed E-state index contributed by atoms with van der Waals surface area (Å²) in [6, 6.07) is 11.6. The van der Waals surface area contributed by atoms with E-state index in [9.17, 15) is 9.59 Å². The molecule has 1 saturated carbocycles. The van der Waals surface area contributed by atoms with Crippen LogP contribution in [0.25, 0.3) is 0 Å². The first-order chi connectivity index (χ1) is 11.5. The third-order valence-corrected chi connectivity index (χ3v) is 4.58. The SMILES string of the molecule is CNC(=O)c1cc(C(=O)N[C@H]2C[C@@H]2C)c([C@@H](C)c2ccccc2)o1.[HH].[HH]. The van der Waals surface area contributed by atoms with Crippen LogP contribution in [0.1, 0.15) is 61.3 Å². The molecule has 2 aromatic rings. The zero-order valence-electron chi connectivity index (χ0n) is 14.1. The topological polar surface area (TPSA) is 71.3 Å².